The van der Waals surface area contributed by atoms with Gasteiger partial charge in [0, 0.05) is 50.2 Å². The fraction of sp³-hybridized carbons (Fsp3) is 0.529. The highest BCUT2D eigenvalue weighted by atomic mass is 16.5. The van der Waals surface area contributed by atoms with Crippen LogP contribution in [0.15, 0.2) is 35.1 Å². The molecule has 3 heterocycles. The van der Waals surface area contributed by atoms with Gasteiger partial charge in [-0.2, -0.15) is 0 Å². The van der Waals surface area contributed by atoms with Gasteiger partial charge in [0.25, 0.3) is 0 Å². The van der Waals surface area contributed by atoms with Gasteiger partial charge in [-0.15, -0.1) is 0 Å². The normalized spacial score (nSPS) is 20.1. The summed E-state index contributed by atoms with van der Waals surface area (Å²) in [6, 6.07) is 5.32. The third kappa shape index (κ3) is 4.62. The van der Waals surface area contributed by atoms with E-state index in [0.717, 1.165) is 17.0 Å². The zero-order valence-corrected chi connectivity index (χ0v) is 14.0. The number of β-amino-alcohol motifs (C(OH)–C–C–N with tert-alkyl or cyclic N) is 1. The molecule has 1 fully saturated rings. The molecule has 0 saturated carbocycles. The summed E-state index contributed by atoms with van der Waals surface area (Å²) < 4.78 is 5.42. The Balaban J connectivity index is 1.62. The van der Waals surface area contributed by atoms with Crippen LogP contribution < -0.4 is 0 Å². The van der Waals surface area contributed by atoms with Crippen LogP contribution in [0.3, 0.4) is 0 Å². The second-order valence-corrected chi connectivity index (χ2v) is 6.32. The highest BCUT2D eigenvalue weighted by Crippen LogP contribution is 2.19. The first-order chi connectivity index (χ1) is 12.2. The Morgan fingerprint density at radius 1 is 1.24 bits per heavy atom. The van der Waals surface area contributed by atoms with Gasteiger partial charge >= 0.3 is 0 Å². The molecule has 0 spiro atoms. The van der Waals surface area contributed by atoms with Gasteiger partial charge in [0.15, 0.2) is 5.76 Å². The van der Waals surface area contributed by atoms with Crippen LogP contribution in [0.5, 0.6) is 0 Å². The quantitative estimate of drug-likeness (QED) is 0.646. The van der Waals surface area contributed by atoms with Crippen LogP contribution in [0.1, 0.15) is 5.76 Å². The van der Waals surface area contributed by atoms with Crippen LogP contribution >= 0.6 is 0 Å². The van der Waals surface area contributed by atoms with E-state index in [1.807, 2.05) is 23.1 Å². The molecule has 136 valence electrons. The van der Waals surface area contributed by atoms with Crippen molar-refractivity contribution in [2.75, 3.05) is 39.4 Å². The Morgan fingerprint density at radius 2 is 2.08 bits per heavy atom. The van der Waals surface area contributed by atoms with E-state index in [0.29, 0.717) is 32.7 Å². The topological polar surface area (TPSA) is 106 Å². The number of aromatic nitrogens is 2. The predicted molar refractivity (Wildman–Crippen MR) is 90.6 cm³/mol. The van der Waals surface area contributed by atoms with Gasteiger partial charge < -0.3 is 19.8 Å². The molecule has 8 heteroatoms. The number of aliphatic hydroxyl groups excluding tert-OH is 3. The molecule has 1 aliphatic rings. The Kier molecular flexibility index (Phi) is 6.11. The molecule has 1 aliphatic heterocycles. The van der Waals surface area contributed by atoms with Gasteiger partial charge in [-0.05, 0) is 12.1 Å². The Labute approximate surface area is 146 Å². The van der Waals surface area contributed by atoms with Crippen LogP contribution in [0, 0.1) is 0 Å². The maximum absolute atomic E-state index is 10.2. The van der Waals surface area contributed by atoms with Crippen molar-refractivity contribution in [2.24, 2.45) is 0 Å². The van der Waals surface area contributed by atoms with Crippen LogP contribution in [-0.2, 0) is 6.54 Å². The summed E-state index contributed by atoms with van der Waals surface area (Å²) in [6.45, 7) is 2.59. The van der Waals surface area contributed by atoms with Gasteiger partial charge in [0.2, 0.25) is 0 Å². The lowest BCUT2D eigenvalue weighted by Gasteiger charge is -2.28. The van der Waals surface area contributed by atoms with E-state index in [1.165, 1.54) is 0 Å². The first-order valence-electron chi connectivity index (χ1n) is 8.41. The average molecular weight is 348 g/mol. The Bertz CT molecular complexity index is 647. The van der Waals surface area contributed by atoms with E-state index in [9.17, 15) is 15.3 Å². The third-order valence-corrected chi connectivity index (χ3v) is 4.45. The first kappa shape index (κ1) is 18.0. The summed E-state index contributed by atoms with van der Waals surface area (Å²) >= 11 is 0. The molecule has 2 aromatic heterocycles. The van der Waals surface area contributed by atoms with Crippen molar-refractivity contribution in [3.8, 4) is 11.3 Å². The number of aliphatic hydroxyl groups is 3. The fourth-order valence-corrected chi connectivity index (χ4v) is 3.10. The van der Waals surface area contributed by atoms with Gasteiger partial charge in [-0.1, -0.05) is 5.16 Å². The molecule has 0 radical (unpaired) electrons. The summed E-state index contributed by atoms with van der Waals surface area (Å²) in [5.74, 6) is 0.723. The zero-order valence-electron chi connectivity index (χ0n) is 14.0. The molecule has 0 amide bonds. The SMILES string of the molecule is OCC(CO)N1CCN(Cc2cc(-c3cccnc3)no2)C[C@H](O)C1. The minimum absolute atomic E-state index is 0.125. The Morgan fingerprint density at radius 3 is 2.80 bits per heavy atom. The Hall–Kier alpha value is -1.84. The second kappa shape index (κ2) is 8.50. The van der Waals surface area contributed by atoms with Gasteiger partial charge in [-0.3, -0.25) is 14.8 Å². The molecule has 3 N–H and O–H groups in total. The number of nitrogens with zero attached hydrogens (tertiary/aromatic N) is 4. The molecule has 0 aromatic carbocycles. The first-order valence-corrected chi connectivity index (χ1v) is 8.41. The molecule has 8 nitrogen and oxygen atoms in total. The van der Waals surface area contributed by atoms with Crippen molar-refractivity contribution >= 4 is 0 Å². The van der Waals surface area contributed by atoms with Crippen LogP contribution in [0.2, 0.25) is 0 Å². The van der Waals surface area contributed by atoms with Crippen molar-refractivity contribution in [1.82, 2.24) is 19.9 Å². The van der Waals surface area contributed by atoms with E-state index < -0.39 is 6.10 Å². The highest BCUT2D eigenvalue weighted by molar-refractivity contribution is 5.57. The van der Waals surface area contributed by atoms with Crippen LogP contribution in [0.4, 0.5) is 0 Å². The molecule has 25 heavy (non-hydrogen) atoms. The van der Waals surface area contributed by atoms with E-state index in [1.54, 1.807) is 12.4 Å². The number of rotatable bonds is 6. The smallest absolute Gasteiger partial charge is 0.151 e. The molecule has 1 saturated heterocycles. The lowest BCUT2D eigenvalue weighted by Crippen LogP contribution is -2.44. The largest absolute Gasteiger partial charge is 0.395 e. The molecule has 0 aliphatic carbocycles. The second-order valence-electron chi connectivity index (χ2n) is 6.32. The average Bonchev–Trinajstić information content (AvgIpc) is 3.01. The molecule has 2 aromatic rings. The summed E-state index contributed by atoms with van der Waals surface area (Å²) in [5, 5.41) is 33.0. The van der Waals surface area contributed by atoms with Crippen molar-refractivity contribution in [2.45, 2.75) is 18.7 Å². The van der Waals surface area contributed by atoms with Crippen molar-refractivity contribution in [3.05, 3.63) is 36.4 Å². The number of pyridine rings is 1. The van der Waals surface area contributed by atoms with E-state index in [2.05, 4.69) is 15.0 Å². The monoisotopic (exact) mass is 348 g/mol. The summed E-state index contributed by atoms with van der Waals surface area (Å²) in [5.41, 5.74) is 1.63. The maximum Gasteiger partial charge on any atom is 0.151 e. The summed E-state index contributed by atoms with van der Waals surface area (Å²) in [7, 11) is 0. The minimum atomic E-state index is -0.552. The van der Waals surface area contributed by atoms with E-state index in [-0.39, 0.29) is 19.3 Å². The molecular weight excluding hydrogens is 324 g/mol. The van der Waals surface area contributed by atoms with E-state index >= 15 is 0 Å². The fourth-order valence-electron chi connectivity index (χ4n) is 3.10. The third-order valence-electron chi connectivity index (χ3n) is 4.45. The maximum atomic E-state index is 10.2. The summed E-state index contributed by atoms with van der Waals surface area (Å²) in [4.78, 5) is 8.09. The molecular formula is C17H24N4O4. The van der Waals surface area contributed by atoms with Crippen molar-refractivity contribution in [3.63, 3.8) is 0 Å². The standard InChI is InChI=1S/C17H24N4O4/c22-11-14(12-23)21-5-4-20(8-15(24)9-21)10-16-6-17(19-25-16)13-2-1-3-18-7-13/h1-3,6-7,14-15,22-24H,4-5,8-12H2/t15-/m0/s1. The molecule has 0 unspecified atom stereocenters. The zero-order chi connectivity index (χ0) is 17.6. The van der Waals surface area contributed by atoms with Crippen LogP contribution in [0.25, 0.3) is 11.3 Å². The molecule has 0 bridgehead atoms. The highest BCUT2D eigenvalue weighted by Gasteiger charge is 2.26. The van der Waals surface area contributed by atoms with Gasteiger partial charge in [0.1, 0.15) is 5.69 Å². The lowest BCUT2D eigenvalue weighted by atomic mass is 10.2. The lowest BCUT2D eigenvalue weighted by molar-refractivity contribution is 0.0470. The number of hydrogen-bond donors (Lipinski definition) is 3. The predicted octanol–water partition coefficient (Wildman–Crippen LogP) is -0.432. The molecule has 3 rings (SSSR count). The van der Waals surface area contributed by atoms with Gasteiger partial charge in [0.05, 0.1) is 31.9 Å². The van der Waals surface area contributed by atoms with Crippen LogP contribution in [-0.4, -0.2) is 86.8 Å². The number of hydrogen-bond acceptors (Lipinski definition) is 8. The van der Waals surface area contributed by atoms with Crippen molar-refractivity contribution in [1.29, 1.82) is 0 Å². The molecule has 1 atom stereocenters. The minimum Gasteiger partial charge on any atom is -0.395 e. The summed E-state index contributed by atoms with van der Waals surface area (Å²) in [6.07, 6.45) is 2.89. The van der Waals surface area contributed by atoms with Crippen molar-refractivity contribution < 1.29 is 19.8 Å². The van der Waals surface area contributed by atoms with Gasteiger partial charge in [-0.25, -0.2) is 0 Å². The van der Waals surface area contributed by atoms with E-state index in [4.69, 9.17) is 4.52 Å².